The maximum atomic E-state index is 12.6. The van der Waals surface area contributed by atoms with E-state index in [2.05, 4.69) is 10.6 Å². The van der Waals surface area contributed by atoms with Crippen molar-refractivity contribution >= 4 is 34.8 Å². The molecular formula is C20H19ClN2O3. The normalized spacial score (nSPS) is 16.6. The Hall–Kier alpha value is -2.53. The first-order valence-corrected chi connectivity index (χ1v) is 9.21. The molecule has 2 aromatic rings. The molecule has 2 N–H and O–H groups in total. The van der Waals surface area contributed by atoms with Crippen LogP contribution in [0.3, 0.4) is 0 Å². The number of amides is 2. The Kier molecular flexibility index (Phi) is 4.55. The van der Waals surface area contributed by atoms with Gasteiger partial charge in [-0.2, -0.15) is 0 Å². The lowest BCUT2D eigenvalue weighted by Crippen LogP contribution is -2.24. The van der Waals surface area contributed by atoms with Crippen molar-refractivity contribution < 1.29 is 14.3 Å². The zero-order chi connectivity index (χ0) is 18.1. The van der Waals surface area contributed by atoms with E-state index in [0.717, 1.165) is 25.7 Å². The van der Waals surface area contributed by atoms with Crippen LogP contribution in [0.4, 0.5) is 11.4 Å². The quantitative estimate of drug-likeness (QED) is 0.761. The molecule has 0 spiro atoms. The third-order valence-electron chi connectivity index (χ3n) is 4.88. The van der Waals surface area contributed by atoms with Crippen LogP contribution in [0.1, 0.15) is 42.5 Å². The van der Waals surface area contributed by atoms with Gasteiger partial charge in [-0.05, 0) is 49.2 Å². The summed E-state index contributed by atoms with van der Waals surface area (Å²) in [5.41, 5.74) is 1.49. The number of rotatable bonds is 2. The third-order valence-corrected chi connectivity index (χ3v) is 5.11. The molecule has 2 aliphatic rings. The van der Waals surface area contributed by atoms with E-state index in [4.69, 9.17) is 16.3 Å². The van der Waals surface area contributed by atoms with Gasteiger partial charge in [0, 0.05) is 16.6 Å². The lowest BCUT2D eigenvalue weighted by atomic mass is 9.88. The highest BCUT2D eigenvalue weighted by Gasteiger charge is 2.24. The molecule has 1 aliphatic heterocycles. The number of fused-ring (bicyclic) bond motifs is 2. The molecule has 0 unspecified atom stereocenters. The van der Waals surface area contributed by atoms with Gasteiger partial charge in [-0.25, -0.2) is 0 Å². The summed E-state index contributed by atoms with van der Waals surface area (Å²) in [6.07, 6.45) is 5.25. The number of anilines is 2. The predicted molar refractivity (Wildman–Crippen MR) is 101 cm³/mol. The van der Waals surface area contributed by atoms with Crippen molar-refractivity contribution in [3.63, 3.8) is 0 Å². The van der Waals surface area contributed by atoms with Gasteiger partial charge in [-0.1, -0.05) is 30.9 Å². The predicted octanol–water partition coefficient (Wildman–Crippen LogP) is 5.22. The van der Waals surface area contributed by atoms with Crippen LogP contribution in [0.5, 0.6) is 11.5 Å². The average molecular weight is 371 g/mol. The standard InChI is InChI=1S/C20H19ClN2O3/c21-13-6-8-18-16(10-13)23-20(25)15-11-14(7-9-17(15)26-18)22-19(24)12-4-2-1-3-5-12/h6-12H,1-5H2,(H,22,24)(H,23,25). The summed E-state index contributed by atoms with van der Waals surface area (Å²) in [5.74, 6) is 0.753. The second-order valence-electron chi connectivity index (χ2n) is 6.73. The van der Waals surface area contributed by atoms with E-state index < -0.39 is 0 Å². The summed E-state index contributed by atoms with van der Waals surface area (Å²) >= 11 is 5.99. The van der Waals surface area contributed by atoms with Crippen LogP contribution in [0.25, 0.3) is 0 Å². The summed E-state index contributed by atoms with van der Waals surface area (Å²) in [6, 6.07) is 10.2. The zero-order valence-corrected chi connectivity index (χ0v) is 14.9. The molecule has 5 nitrogen and oxygen atoms in total. The molecule has 0 bridgehead atoms. The second kappa shape index (κ2) is 7.00. The van der Waals surface area contributed by atoms with Gasteiger partial charge in [-0.3, -0.25) is 9.59 Å². The number of hydrogen-bond donors (Lipinski definition) is 2. The Morgan fingerprint density at radius 3 is 2.65 bits per heavy atom. The van der Waals surface area contributed by atoms with E-state index in [-0.39, 0.29) is 17.7 Å². The summed E-state index contributed by atoms with van der Waals surface area (Å²) in [5, 5.41) is 6.25. The molecule has 2 amide bonds. The number of ether oxygens (including phenoxy) is 1. The fourth-order valence-electron chi connectivity index (χ4n) is 3.48. The van der Waals surface area contributed by atoms with Gasteiger partial charge in [0.1, 0.15) is 5.75 Å². The maximum absolute atomic E-state index is 12.6. The highest BCUT2D eigenvalue weighted by atomic mass is 35.5. The maximum Gasteiger partial charge on any atom is 0.259 e. The van der Waals surface area contributed by atoms with Crippen molar-refractivity contribution in [2.24, 2.45) is 5.92 Å². The summed E-state index contributed by atoms with van der Waals surface area (Å²) in [6.45, 7) is 0. The Labute approximate surface area is 156 Å². The van der Waals surface area contributed by atoms with Gasteiger partial charge in [-0.15, -0.1) is 0 Å². The molecule has 1 saturated carbocycles. The molecule has 0 aromatic heterocycles. The third kappa shape index (κ3) is 3.40. The largest absolute Gasteiger partial charge is 0.454 e. The van der Waals surface area contributed by atoms with Crippen LogP contribution >= 0.6 is 11.6 Å². The number of carbonyl (C=O) groups is 2. The van der Waals surface area contributed by atoms with Crippen LogP contribution in [0.15, 0.2) is 36.4 Å². The monoisotopic (exact) mass is 370 g/mol. The second-order valence-corrected chi connectivity index (χ2v) is 7.17. The first kappa shape index (κ1) is 16.9. The minimum atomic E-state index is -0.296. The Bertz CT molecular complexity index is 875. The van der Waals surface area contributed by atoms with Gasteiger partial charge in [0.25, 0.3) is 5.91 Å². The van der Waals surface area contributed by atoms with Gasteiger partial charge in [0.05, 0.1) is 11.3 Å². The first-order chi connectivity index (χ1) is 12.6. The highest BCUT2D eigenvalue weighted by Crippen LogP contribution is 2.38. The van der Waals surface area contributed by atoms with E-state index >= 15 is 0 Å². The van der Waals surface area contributed by atoms with E-state index in [0.29, 0.717) is 33.5 Å². The van der Waals surface area contributed by atoms with Crippen molar-refractivity contribution in [2.75, 3.05) is 10.6 Å². The average Bonchev–Trinajstić information content (AvgIpc) is 2.78. The van der Waals surface area contributed by atoms with Crippen molar-refractivity contribution in [2.45, 2.75) is 32.1 Å². The Balaban J connectivity index is 1.57. The fraction of sp³-hybridized carbons (Fsp3) is 0.300. The minimum Gasteiger partial charge on any atom is -0.454 e. The first-order valence-electron chi connectivity index (χ1n) is 8.84. The van der Waals surface area contributed by atoms with Crippen molar-refractivity contribution in [3.8, 4) is 11.5 Å². The van der Waals surface area contributed by atoms with E-state index in [9.17, 15) is 9.59 Å². The van der Waals surface area contributed by atoms with Gasteiger partial charge in [0.15, 0.2) is 5.75 Å². The SMILES string of the molecule is O=C1Nc2cc(Cl)ccc2Oc2ccc(NC(=O)C3CCCCC3)cc21. The van der Waals surface area contributed by atoms with Gasteiger partial charge < -0.3 is 15.4 Å². The van der Waals surface area contributed by atoms with Crippen LogP contribution < -0.4 is 15.4 Å². The molecule has 26 heavy (non-hydrogen) atoms. The number of halogens is 1. The van der Waals surface area contributed by atoms with Gasteiger partial charge in [0.2, 0.25) is 5.91 Å². The van der Waals surface area contributed by atoms with E-state index in [1.54, 1.807) is 36.4 Å². The Morgan fingerprint density at radius 2 is 1.85 bits per heavy atom. The number of nitrogens with one attached hydrogen (secondary N) is 2. The van der Waals surface area contributed by atoms with Crippen LogP contribution in [-0.2, 0) is 4.79 Å². The molecule has 6 heteroatoms. The lowest BCUT2D eigenvalue weighted by Gasteiger charge is -2.21. The van der Waals surface area contributed by atoms with Crippen LogP contribution in [0.2, 0.25) is 5.02 Å². The molecule has 1 aliphatic carbocycles. The number of carbonyl (C=O) groups excluding carboxylic acids is 2. The zero-order valence-electron chi connectivity index (χ0n) is 14.2. The summed E-state index contributed by atoms with van der Waals surface area (Å²) in [4.78, 5) is 25.0. The molecule has 0 radical (unpaired) electrons. The van der Waals surface area contributed by atoms with E-state index in [1.807, 2.05) is 0 Å². The van der Waals surface area contributed by atoms with Crippen LogP contribution in [0, 0.1) is 5.92 Å². The molecule has 0 atom stereocenters. The number of benzene rings is 2. The highest BCUT2D eigenvalue weighted by molar-refractivity contribution is 6.31. The van der Waals surface area contributed by atoms with E-state index in [1.165, 1.54) is 6.42 Å². The molecule has 0 saturated heterocycles. The molecule has 1 fully saturated rings. The van der Waals surface area contributed by atoms with Crippen LogP contribution in [-0.4, -0.2) is 11.8 Å². The summed E-state index contributed by atoms with van der Waals surface area (Å²) in [7, 11) is 0. The van der Waals surface area contributed by atoms with Crippen molar-refractivity contribution in [1.29, 1.82) is 0 Å². The molecule has 4 rings (SSSR count). The molecular weight excluding hydrogens is 352 g/mol. The Morgan fingerprint density at radius 1 is 1.08 bits per heavy atom. The fourth-order valence-corrected chi connectivity index (χ4v) is 3.65. The summed E-state index contributed by atoms with van der Waals surface area (Å²) < 4.78 is 5.85. The molecule has 2 aromatic carbocycles. The smallest absolute Gasteiger partial charge is 0.259 e. The van der Waals surface area contributed by atoms with Gasteiger partial charge >= 0.3 is 0 Å². The topological polar surface area (TPSA) is 67.4 Å². The lowest BCUT2D eigenvalue weighted by molar-refractivity contribution is -0.120. The number of hydrogen-bond acceptors (Lipinski definition) is 3. The van der Waals surface area contributed by atoms with Crippen molar-refractivity contribution in [3.05, 3.63) is 47.0 Å². The molecule has 1 heterocycles. The minimum absolute atomic E-state index is 0.0228. The molecule has 134 valence electrons. The van der Waals surface area contributed by atoms with Crippen molar-refractivity contribution in [1.82, 2.24) is 0 Å².